The molecule has 0 atom stereocenters. The lowest BCUT2D eigenvalue weighted by Gasteiger charge is -2.02. The van der Waals surface area contributed by atoms with Crippen LogP contribution in [0.15, 0.2) is 55.1 Å². The van der Waals surface area contributed by atoms with Crippen molar-refractivity contribution in [3.8, 4) is 0 Å². The second-order valence-electron chi connectivity index (χ2n) is 3.34. The SMILES string of the molecule is C=C/C=C/CCCOCc1ccccc1. The van der Waals surface area contributed by atoms with Gasteiger partial charge in [-0.2, -0.15) is 0 Å². The van der Waals surface area contributed by atoms with E-state index in [0.29, 0.717) is 6.61 Å². The molecule has 1 aromatic rings. The van der Waals surface area contributed by atoms with E-state index in [1.165, 1.54) is 5.56 Å². The molecule has 0 saturated heterocycles. The van der Waals surface area contributed by atoms with Crippen LogP contribution >= 0.6 is 0 Å². The third kappa shape index (κ3) is 5.87. The lowest BCUT2D eigenvalue weighted by molar-refractivity contribution is 0.119. The molecule has 0 radical (unpaired) electrons. The number of unbranched alkanes of at least 4 members (excludes halogenated alkanes) is 1. The number of hydrogen-bond donors (Lipinski definition) is 0. The van der Waals surface area contributed by atoms with Crippen LogP contribution in [0.5, 0.6) is 0 Å². The molecule has 1 aromatic carbocycles. The van der Waals surface area contributed by atoms with Crippen molar-refractivity contribution < 1.29 is 4.74 Å². The zero-order valence-electron chi connectivity index (χ0n) is 9.06. The summed E-state index contributed by atoms with van der Waals surface area (Å²) in [6, 6.07) is 10.2. The van der Waals surface area contributed by atoms with Gasteiger partial charge in [-0.15, -0.1) is 0 Å². The molecule has 15 heavy (non-hydrogen) atoms. The van der Waals surface area contributed by atoms with Crippen LogP contribution in [0.1, 0.15) is 18.4 Å². The summed E-state index contributed by atoms with van der Waals surface area (Å²) in [6.07, 6.45) is 8.00. The van der Waals surface area contributed by atoms with E-state index in [0.717, 1.165) is 19.4 Å². The first-order valence-electron chi connectivity index (χ1n) is 5.32. The van der Waals surface area contributed by atoms with Gasteiger partial charge in [-0.3, -0.25) is 0 Å². The van der Waals surface area contributed by atoms with Gasteiger partial charge in [0.25, 0.3) is 0 Å². The highest BCUT2D eigenvalue weighted by Crippen LogP contribution is 2.01. The minimum atomic E-state index is 0.714. The molecule has 0 bridgehead atoms. The molecule has 0 N–H and O–H groups in total. The van der Waals surface area contributed by atoms with Crippen molar-refractivity contribution in [3.63, 3.8) is 0 Å². The van der Waals surface area contributed by atoms with Gasteiger partial charge in [-0.1, -0.05) is 55.1 Å². The summed E-state index contributed by atoms with van der Waals surface area (Å²) in [4.78, 5) is 0. The Hall–Kier alpha value is -1.34. The maximum Gasteiger partial charge on any atom is 0.0716 e. The Bertz CT molecular complexity index is 287. The van der Waals surface area contributed by atoms with E-state index in [9.17, 15) is 0 Å². The van der Waals surface area contributed by atoms with Gasteiger partial charge in [0.1, 0.15) is 0 Å². The zero-order valence-corrected chi connectivity index (χ0v) is 9.06. The van der Waals surface area contributed by atoms with Crippen LogP contribution in [0.2, 0.25) is 0 Å². The predicted octanol–water partition coefficient (Wildman–Crippen LogP) is 3.73. The smallest absolute Gasteiger partial charge is 0.0716 e. The normalized spacial score (nSPS) is 10.7. The highest BCUT2D eigenvalue weighted by atomic mass is 16.5. The Morgan fingerprint density at radius 1 is 1.20 bits per heavy atom. The molecule has 0 heterocycles. The Balaban J connectivity index is 2.02. The summed E-state index contributed by atoms with van der Waals surface area (Å²) in [5, 5.41) is 0. The van der Waals surface area contributed by atoms with E-state index in [2.05, 4.69) is 24.8 Å². The first-order chi connectivity index (χ1) is 7.43. The molecule has 1 nitrogen and oxygen atoms in total. The van der Waals surface area contributed by atoms with Crippen molar-refractivity contribution in [1.29, 1.82) is 0 Å². The summed E-state index contributed by atoms with van der Waals surface area (Å²) < 4.78 is 5.54. The molecule has 0 aliphatic rings. The lowest BCUT2D eigenvalue weighted by atomic mass is 10.2. The number of allylic oxidation sites excluding steroid dienone is 3. The van der Waals surface area contributed by atoms with Gasteiger partial charge < -0.3 is 4.74 Å². The van der Waals surface area contributed by atoms with Gasteiger partial charge >= 0.3 is 0 Å². The fourth-order valence-electron chi connectivity index (χ4n) is 1.26. The molecule has 0 aliphatic carbocycles. The van der Waals surface area contributed by atoms with Crippen LogP contribution in [0.25, 0.3) is 0 Å². The summed E-state index contributed by atoms with van der Waals surface area (Å²) in [7, 11) is 0. The largest absolute Gasteiger partial charge is 0.377 e. The molecular formula is C14H18O. The van der Waals surface area contributed by atoms with Crippen molar-refractivity contribution in [2.75, 3.05) is 6.61 Å². The third-order valence-corrected chi connectivity index (χ3v) is 2.04. The molecule has 0 saturated carbocycles. The molecule has 0 amide bonds. The Morgan fingerprint density at radius 3 is 2.73 bits per heavy atom. The molecule has 1 rings (SSSR count). The zero-order chi connectivity index (χ0) is 10.8. The standard InChI is InChI=1S/C14H18O/c1-2-3-4-5-9-12-15-13-14-10-7-6-8-11-14/h2-4,6-8,10-11H,1,5,9,12-13H2/b4-3+. The van der Waals surface area contributed by atoms with E-state index in [1.54, 1.807) is 6.08 Å². The first kappa shape index (κ1) is 11.7. The highest BCUT2D eigenvalue weighted by molar-refractivity contribution is 5.13. The minimum Gasteiger partial charge on any atom is -0.377 e. The molecule has 80 valence electrons. The lowest BCUT2D eigenvalue weighted by Crippen LogP contribution is -1.94. The minimum absolute atomic E-state index is 0.714. The van der Waals surface area contributed by atoms with Crippen LogP contribution < -0.4 is 0 Å². The molecule has 0 unspecified atom stereocenters. The quantitative estimate of drug-likeness (QED) is 0.483. The molecular weight excluding hydrogens is 184 g/mol. The van der Waals surface area contributed by atoms with Gasteiger partial charge in [0.05, 0.1) is 6.61 Å². The monoisotopic (exact) mass is 202 g/mol. The van der Waals surface area contributed by atoms with Gasteiger partial charge in [0, 0.05) is 6.61 Å². The van der Waals surface area contributed by atoms with Crippen LogP contribution in [0.4, 0.5) is 0 Å². The topological polar surface area (TPSA) is 9.23 Å². The van der Waals surface area contributed by atoms with Gasteiger partial charge in [-0.25, -0.2) is 0 Å². The molecule has 0 aromatic heterocycles. The number of ether oxygens (including phenoxy) is 1. The molecule has 0 spiro atoms. The molecule has 0 aliphatic heterocycles. The van der Waals surface area contributed by atoms with E-state index in [4.69, 9.17) is 4.74 Å². The molecule has 0 fully saturated rings. The average molecular weight is 202 g/mol. The number of hydrogen-bond acceptors (Lipinski definition) is 1. The maximum absolute atomic E-state index is 5.54. The highest BCUT2D eigenvalue weighted by Gasteiger charge is 1.90. The summed E-state index contributed by atoms with van der Waals surface area (Å²) in [5.74, 6) is 0. The average Bonchev–Trinajstić information content (AvgIpc) is 2.29. The van der Waals surface area contributed by atoms with Crippen LogP contribution in [-0.2, 0) is 11.3 Å². The Kier molecular flexibility index (Phi) is 6.26. The summed E-state index contributed by atoms with van der Waals surface area (Å²) in [6.45, 7) is 5.15. The van der Waals surface area contributed by atoms with E-state index >= 15 is 0 Å². The Labute approximate surface area is 92.1 Å². The van der Waals surface area contributed by atoms with Crippen LogP contribution in [0.3, 0.4) is 0 Å². The van der Waals surface area contributed by atoms with Crippen molar-refractivity contribution >= 4 is 0 Å². The second-order valence-corrected chi connectivity index (χ2v) is 3.34. The first-order valence-corrected chi connectivity index (χ1v) is 5.32. The van der Waals surface area contributed by atoms with E-state index in [1.807, 2.05) is 24.3 Å². The molecule has 1 heteroatoms. The van der Waals surface area contributed by atoms with E-state index in [-0.39, 0.29) is 0 Å². The Morgan fingerprint density at radius 2 is 2.00 bits per heavy atom. The van der Waals surface area contributed by atoms with E-state index < -0.39 is 0 Å². The number of rotatable bonds is 7. The fourth-order valence-corrected chi connectivity index (χ4v) is 1.26. The summed E-state index contributed by atoms with van der Waals surface area (Å²) in [5.41, 5.74) is 1.24. The number of benzene rings is 1. The predicted molar refractivity (Wildman–Crippen MR) is 64.7 cm³/mol. The van der Waals surface area contributed by atoms with Gasteiger partial charge in [0.15, 0.2) is 0 Å². The van der Waals surface area contributed by atoms with Gasteiger partial charge in [-0.05, 0) is 18.4 Å². The summed E-state index contributed by atoms with van der Waals surface area (Å²) >= 11 is 0. The maximum atomic E-state index is 5.54. The van der Waals surface area contributed by atoms with Crippen molar-refractivity contribution in [3.05, 3.63) is 60.7 Å². The van der Waals surface area contributed by atoms with Gasteiger partial charge in [0.2, 0.25) is 0 Å². The van der Waals surface area contributed by atoms with Crippen molar-refractivity contribution in [2.24, 2.45) is 0 Å². The van der Waals surface area contributed by atoms with Crippen LogP contribution in [0, 0.1) is 0 Å². The second kappa shape index (κ2) is 8.01. The van der Waals surface area contributed by atoms with Crippen molar-refractivity contribution in [2.45, 2.75) is 19.4 Å². The van der Waals surface area contributed by atoms with Crippen LogP contribution in [-0.4, -0.2) is 6.61 Å². The third-order valence-electron chi connectivity index (χ3n) is 2.04. The fraction of sp³-hybridized carbons (Fsp3) is 0.286. The van der Waals surface area contributed by atoms with Crippen molar-refractivity contribution in [1.82, 2.24) is 0 Å².